The van der Waals surface area contributed by atoms with Gasteiger partial charge >= 0.3 is 5.97 Å². The number of thiophene rings is 1. The quantitative estimate of drug-likeness (QED) is 0.551. The highest BCUT2D eigenvalue weighted by Gasteiger charge is 2.51. The van der Waals surface area contributed by atoms with Crippen LogP contribution in [0.5, 0.6) is 0 Å². The van der Waals surface area contributed by atoms with Gasteiger partial charge in [-0.2, -0.15) is 0 Å². The predicted molar refractivity (Wildman–Crippen MR) is 108 cm³/mol. The third-order valence-electron chi connectivity index (χ3n) is 5.69. The topological polar surface area (TPSA) is 38.3 Å². The molecule has 3 atom stereocenters. The maximum atomic E-state index is 11.5. The molecule has 0 amide bonds. The summed E-state index contributed by atoms with van der Waals surface area (Å²) in [7, 11) is 0. The van der Waals surface area contributed by atoms with Gasteiger partial charge in [-0.1, -0.05) is 35.9 Å². The summed E-state index contributed by atoms with van der Waals surface area (Å²) in [6.45, 7) is 1.98. The van der Waals surface area contributed by atoms with Crippen LogP contribution in [0.1, 0.15) is 30.9 Å². The number of benzene rings is 1. The van der Waals surface area contributed by atoms with Gasteiger partial charge in [-0.05, 0) is 66.8 Å². The van der Waals surface area contributed by atoms with Crippen LogP contribution in [0.4, 0.5) is 0 Å². The summed E-state index contributed by atoms with van der Waals surface area (Å²) in [6, 6.07) is 13.0. The van der Waals surface area contributed by atoms with Crippen molar-refractivity contribution < 1.29 is 9.53 Å². The number of fused-ring (bicyclic) bond motifs is 3. The second-order valence-corrected chi connectivity index (χ2v) is 10.2. The minimum absolute atomic E-state index is 0.0446. The first-order valence-electron chi connectivity index (χ1n) is 8.94. The highest BCUT2D eigenvalue weighted by atomic mass is 35.5. The molecule has 1 heterocycles. The van der Waals surface area contributed by atoms with E-state index in [4.69, 9.17) is 16.3 Å². The molecular weight excluding hydrogens is 386 g/mol. The van der Waals surface area contributed by atoms with Crippen LogP contribution in [-0.2, 0) is 22.4 Å². The molecule has 2 aromatic rings. The highest BCUT2D eigenvalue weighted by molar-refractivity contribution is 7.99. The summed E-state index contributed by atoms with van der Waals surface area (Å²) in [6.07, 6.45) is 4.29. The van der Waals surface area contributed by atoms with Gasteiger partial charge in [0, 0.05) is 18.4 Å². The number of carbonyl (C=O) groups excluding carboxylic acids is 1. The van der Waals surface area contributed by atoms with Gasteiger partial charge < -0.3 is 4.74 Å². The average molecular weight is 408 g/mol. The van der Waals surface area contributed by atoms with Crippen LogP contribution in [0.25, 0.3) is 0 Å². The lowest BCUT2D eigenvalue weighted by molar-refractivity contribution is -0.145. The predicted octanol–water partition coefficient (Wildman–Crippen LogP) is 5.13. The Balaban J connectivity index is 1.61. The van der Waals surface area contributed by atoms with E-state index in [1.165, 1.54) is 28.7 Å². The standard InChI is InChI=1S/C20H22ClNO2S2/c1-13(23)24-12-20-9-8-15(10-14-4-2-3-5-16(14)11-20)19(20)22-26-18-7-6-17(21)25-18/h2-7,15,19,22H,8-12H2,1H3. The minimum Gasteiger partial charge on any atom is -0.465 e. The van der Waals surface area contributed by atoms with Crippen LogP contribution in [0.15, 0.2) is 40.6 Å². The van der Waals surface area contributed by atoms with E-state index in [9.17, 15) is 4.79 Å². The molecule has 3 unspecified atom stereocenters. The number of nitrogens with one attached hydrogen (secondary N) is 1. The number of halogens is 1. The molecule has 0 radical (unpaired) electrons. The first-order valence-corrected chi connectivity index (χ1v) is 10.9. The highest BCUT2D eigenvalue weighted by Crippen LogP contribution is 2.50. The van der Waals surface area contributed by atoms with Crippen LogP contribution in [0, 0.1) is 11.3 Å². The van der Waals surface area contributed by atoms with Crippen LogP contribution >= 0.6 is 34.9 Å². The molecule has 0 aliphatic heterocycles. The molecule has 1 fully saturated rings. The fourth-order valence-corrected chi connectivity index (χ4v) is 6.77. The average Bonchev–Trinajstić information content (AvgIpc) is 3.12. The number of hydrogen-bond acceptors (Lipinski definition) is 5. The smallest absolute Gasteiger partial charge is 0.302 e. The summed E-state index contributed by atoms with van der Waals surface area (Å²) in [5.41, 5.74) is 2.80. The molecule has 138 valence electrons. The van der Waals surface area contributed by atoms with E-state index >= 15 is 0 Å². The number of hydrogen-bond donors (Lipinski definition) is 1. The molecule has 6 heteroatoms. The van der Waals surface area contributed by atoms with Crippen LogP contribution in [-0.4, -0.2) is 18.6 Å². The molecule has 2 bridgehead atoms. The van der Waals surface area contributed by atoms with E-state index in [0.29, 0.717) is 18.6 Å². The molecule has 2 aliphatic carbocycles. The van der Waals surface area contributed by atoms with Gasteiger partial charge in [0.1, 0.15) is 0 Å². The maximum Gasteiger partial charge on any atom is 0.302 e. The van der Waals surface area contributed by atoms with Crippen molar-refractivity contribution in [1.82, 2.24) is 4.72 Å². The van der Waals surface area contributed by atoms with Crippen molar-refractivity contribution in [3.63, 3.8) is 0 Å². The maximum absolute atomic E-state index is 11.5. The molecule has 1 aromatic heterocycles. The second-order valence-electron chi connectivity index (χ2n) is 7.35. The Morgan fingerprint density at radius 3 is 2.88 bits per heavy atom. The molecule has 0 spiro atoms. The van der Waals surface area contributed by atoms with E-state index in [1.54, 1.807) is 23.3 Å². The van der Waals surface area contributed by atoms with E-state index < -0.39 is 0 Å². The van der Waals surface area contributed by atoms with Gasteiger partial charge in [-0.25, -0.2) is 0 Å². The fraction of sp³-hybridized carbons (Fsp3) is 0.450. The van der Waals surface area contributed by atoms with E-state index in [-0.39, 0.29) is 11.4 Å². The summed E-state index contributed by atoms with van der Waals surface area (Å²) in [5, 5.41) is 0. The molecule has 0 saturated heterocycles. The summed E-state index contributed by atoms with van der Waals surface area (Å²) in [5.74, 6) is 0.356. The van der Waals surface area contributed by atoms with Crippen LogP contribution in [0.3, 0.4) is 0 Å². The van der Waals surface area contributed by atoms with Crippen molar-refractivity contribution in [3.8, 4) is 0 Å². The summed E-state index contributed by atoms with van der Waals surface area (Å²) in [4.78, 5) is 11.5. The lowest BCUT2D eigenvalue weighted by Gasteiger charge is -2.36. The van der Waals surface area contributed by atoms with Gasteiger partial charge in [0.05, 0.1) is 15.2 Å². The Labute approximate surface area is 167 Å². The van der Waals surface area contributed by atoms with Crippen molar-refractivity contribution in [1.29, 1.82) is 0 Å². The molecule has 2 aliphatic rings. The number of ether oxygens (including phenoxy) is 1. The Kier molecular flexibility index (Phi) is 5.33. The van der Waals surface area contributed by atoms with Crippen LogP contribution < -0.4 is 4.72 Å². The normalized spacial score (nSPS) is 27.0. The van der Waals surface area contributed by atoms with Crippen LogP contribution in [0.2, 0.25) is 4.34 Å². The van der Waals surface area contributed by atoms with Gasteiger partial charge in [0.15, 0.2) is 0 Å². The Morgan fingerprint density at radius 2 is 2.15 bits per heavy atom. The molecule has 1 saturated carbocycles. The summed E-state index contributed by atoms with van der Waals surface area (Å²) < 4.78 is 11.3. The fourth-order valence-electron chi connectivity index (χ4n) is 4.46. The SMILES string of the molecule is CC(=O)OCC12CCC(Cc3ccccc3C1)C2NSc1ccc(Cl)s1. The van der Waals surface area contributed by atoms with Gasteiger partial charge in [-0.15, -0.1) is 11.3 Å². The molecular formula is C20H22ClNO2S2. The lowest BCUT2D eigenvalue weighted by Crippen LogP contribution is -2.46. The van der Waals surface area contributed by atoms with Crippen molar-refractivity contribution in [2.45, 2.75) is 42.9 Å². The van der Waals surface area contributed by atoms with E-state index in [2.05, 4.69) is 35.1 Å². The number of esters is 1. The van der Waals surface area contributed by atoms with Gasteiger partial charge in [-0.3, -0.25) is 9.52 Å². The molecule has 1 N–H and O–H groups in total. The van der Waals surface area contributed by atoms with Gasteiger partial charge in [0.25, 0.3) is 0 Å². The van der Waals surface area contributed by atoms with Crippen molar-refractivity contribution in [3.05, 3.63) is 51.9 Å². The van der Waals surface area contributed by atoms with E-state index in [1.807, 2.05) is 6.07 Å². The Morgan fingerprint density at radius 1 is 1.35 bits per heavy atom. The largest absolute Gasteiger partial charge is 0.465 e. The Hall–Kier alpha value is -1.01. The molecule has 26 heavy (non-hydrogen) atoms. The third kappa shape index (κ3) is 3.68. The molecule has 4 rings (SSSR count). The minimum atomic E-state index is -0.197. The van der Waals surface area contributed by atoms with Crippen molar-refractivity contribution in [2.24, 2.45) is 11.3 Å². The number of carbonyl (C=O) groups is 1. The second kappa shape index (κ2) is 7.55. The van der Waals surface area contributed by atoms with Gasteiger partial charge in [0.2, 0.25) is 0 Å². The van der Waals surface area contributed by atoms with Crippen molar-refractivity contribution >= 4 is 40.9 Å². The number of rotatable bonds is 5. The first kappa shape index (κ1) is 18.4. The zero-order valence-corrected chi connectivity index (χ0v) is 17.1. The zero-order valence-electron chi connectivity index (χ0n) is 14.7. The first-order chi connectivity index (χ1) is 12.6. The molecule has 3 nitrogen and oxygen atoms in total. The van der Waals surface area contributed by atoms with E-state index in [0.717, 1.165) is 23.6 Å². The van der Waals surface area contributed by atoms with Crippen molar-refractivity contribution in [2.75, 3.05) is 6.61 Å². The zero-order chi connectivity index (χ0) is 18.1. The third-order valence-corrected chi connectivity index (χ3v) is 7.92. The lowest BCUT2D eigenvalue weighted by atomic mass is 9.78. The molecule has 1 aromatic carbocycles. The Bertz CT molecular complexity index is 809. The summed E-state index contributed by atoms with van der Waals surface area (Å²) >= 11 is 9.32. The monoisotopic (exact) mass is 407 g/mol.